The first-order chi connectivity index (χ1) is 5.79. The summed E-state index contributed by atoms with van der Waals surface area (Å²) in [5.74, 6) is -0.126. The SMILES string of the molecule is Fc1ccc(Br)c2c1CCN=C2. The van der Waals surface area contributed by atoms with Crippen LogP contribution in [0.4, 0.5) is 4.39 Å². The molecule has 0 saturated carbocycles. The Balaban J connectivity index is 2.67. The third kappa shape index (κ3) is 1.18. The molecular weight excluding hydrogens is 221 g/mol. The summed E-state index contributed by atoms with van der Waals surface area (Å²) in [4.78, 5) is 4.10. The van der Waals surface area contributed by atoms with Gasteiger partial charge in [0.05, 0.1) is 0 Å². The van der Waals surface area contributed by atoms with E-state index < -0.39 is 0 Å². The van der Waals surface area contributed by atoms with Crippen LogP contribution in [0.1, 0.15) is 11.1 Å². The number of rotatable bonds is 0. The van der Waals surface area contributed by atoms with E-state index in [1.165, 1.54) is 6.07 Å². The summed E-state index contributed by atoms with van der Waals surface area (Å²) in [6.07, 6.45) is 2.43. The Hall–Kier alpha value is -0.700. The molecule has 1 aromatic carbocycles. The zero-order chi connectivity index (χ0) is 8.55. The molecule has 0 amide bonds. The molecule has 0 aromatic heterocycles. The van der Waals surface area contributed by atoms with Crippen molar-refractivity contribution >= 4 is 22.1 Å². The molecule has 1 aromatic rings. The maximum absolute atomic E-state index is 13.2. The van der Waals surface area contributed by atoms with Crippen LogP contribution in [0.5, 0.6) is 0 Å². The molecule has 0 fully saturated rings. The van der Waals surface area contributed by atoms with E-state index in [-0.39, 0.29) is 5.82 Å². The first kappa shape index (κ1) is 7.92. The second-order valence-corrected chi connectivity index (χ2v) is 3.56. The van der Waals surface area contributed by atoms with E-state index in [2.05, 4.69) is 20.9 Å². The number of hydrogen-bond acceptors (Lipinski definition) is 1. The van der Waals surface area contributed by atoms with Crippen molar-refractivity contribution < 1.29 is 4.39 Å². The molecule has 1 aliphatic heterocycles. The van der Waals surface area contributed by atoms with Crippen LogP contribution < -0.4 is 0 Å². The number of aliphatic imine (C=N–C) groups is 1. The van der Waals surface area contributed by atoms with Gasteiger partial charge in [0.25, 0.3) is 0 Å². The van der Waals surface area contributed by atoms with Gasteiger partial charge in [-0.3, -0.25) is 4.99 Å². The van der Waals surface area contributed by atoms with Gasteiger partial charge in [0.15, 0.2) is 0 Å². The van der Waals surface area contributed by atoms with E-state index in [4.69, 9.17) is 0 Å². The first-order valence-corrected chi connectivity index (χ1v) is 4.55. The lowest BCUT2D eigenvalue weighted by Crippen LogP contribution is -2.06. The van der Waals surface area contributed by atoms with Crippen LogP contribution in [-0.4, -0.2) is 12.8 Å². The van der Waals surface area contributed by atoms with Crippen LogP contribution in [0.25, 0.3) is 0 Å². The van der Waals surface area contributed by atoms with Crippen molar-refractivity contribution in [2.24, 2.45) is 4.99 Å². The van der Waals surface area contributed by atoms with Crippen LogP contribution in [-0.2, 0) is 6.42 Å². The minimum atomic E-state index is -0.126. The topological polar surface area (TPSA) is 12.4 Å². The summed E-state index contributed by atoms with van der Waals surface area (Å²) in [6.45, 7) is 0.695. The molecule has 1 heterocycles. The number of benzene rings is 1. The number of hydrogen-bond donors (Lipinski definition) is 0. The molecule has 0 saturated heterocycles. The largest absolute Gasteiger partial charge is 0.292 e. The van der Waals surface area contributed by atoms with Gasteiger partial charge in [-0.05, 0) is 24.1 Å². The molecule has 0 radical (unpaired) electrons. The van der Waals surface area contributed by atoms with Crippen LogP contribution in [0, 0.1) is 5.82 Å². The molecule has 0 spiro atoms. The average molecular weight is 228 g/mol. The zero-order valence-corrected chi connectivity index (χ0v) is 7.94. The predicted octanol–water partition coefficient (Wildman–Crippen LogP) is 2.56. The second kappa shape index (κ2) is 2.98. The molecule has 62 valence electrons. The zero-order valence-electron chi connectivity index (χ0n) is 6.35. The fourth-order valence-corrected chi connectivity index (χ4v) is 1.81. The van der Waals surface area contributed by atoms with Gasteiger partial charge in [0.1, 0.15) is 5.82 Å². The Morgan fingerprint density at radius 3 is 3.00 bits per heavy atom. The molecule has 0 aliphatic carbocycles. The van der Waals surface area contributed by atoms with Crippen molar-refractivity contribution in [3.63, 3.8) is 0 Å². The van der Waals surface area contributed by atoms with Gasteiger partial charge in [-0.25, -0.2) is 4.39 Å². The standard InChI is InChI=1S/C9H7BrFN/c10-8-1-2-9(11)6-3-4-12-5-7(6)8/h1-2,5H,3-4H2. The highest BCUT2D eigenvalue weighted by molar-refractivity contribution is 9.10. The molecule has 1 aliphatic rings. The summed E-state index contributed by atoms with van der Waals surface area (Å²) in [5, 5.41) is 0. The summed E-state index contributed by atoms with van der Waals surface area (Å²) in [5.41, 5.74) is 1.67. The summed E-state index contributed by atoms with van der Waals surface area (Å²) >= 11 is 3.36. The minimum absolute atomic E-state index is 0.126. The Morgan fingerprint density at radius 1 is 1.42 bits per heavy atom. The lowest BCUT2D eigenvalue weighted by molar-refractivity contribution is 0.607. The van der Waals surface area contributed by atoms with E-state index in [0.29, 0.717) is 13.0 Å². The summed E-state index contributed by atoms with van der Waals surface area (Å²) < 4.78 is 14.1. The van der Waals surface area contributed by atoms with E-state index in [0.717, 1.165) is 15.6 Å². The predicted molar refractivity (Wildman–Crippen MR) is 50.3 cm³/mol. The lowest BCUT2D eigenvalue weighted by Gasteiger charge is -2.11. The molecule has 12 heavy (non-hydrogen) atoms. The third-order valence-electron chi connectivity index (χ3n) is 1.96. The van der Waals surface area contributed by atoms with Crippen molar-refractivity contribution in [2.45, 2.75) is 6.42 Å². The van der Waals surface area contributed by atoms with Crippen molar-refractivity contribution in [1.29, 1.82) is 0 Å². The highest BCUT2D eigenvalue weighted by atomic mass is 79.9. The third-order valence-corrected chi connectivity index (χ3v) is 2.65. The van der Waals surface area contributed by atoms with Crippen molar-refractivity contribution in [3.8, 4) is 0 Å². The molecule has 2 rings (SSSR count). The van der Waals surface area contributed by atoms with Crippen molar-refractivity contribution in [1.82, 2.24) is 0 Å². The van der Waals surface area contributed by atoms with Gasteiger partial charge >= 0.3 is 0 Å². The van der Waals surface area contributed by atoms with Crippen molar-refractivity contribution in [2.75, 3.05) is 6.54 Å². The van der Waals surface area contributed by atoms with Gasteiger partial charge < -0.3 is 0 Å². The highest BCUT2D eigenvalue weighted by Crippen LogP contribution is 2.24. The number of fused-ring (bicyclic) bond motifs is 1. The smallest absolute Gasteiger partial charge is 0.127 e. The van der Waals surface area contributed by atoms with Crippen molar-refractivity contribution in [3.05, 3.63) is 33.5 Å². The highest BCUT2D eigenvalue weighted by Gasteiger charge is 2.12. The average Bonchev–Trinajstić information content (AvgIpc) is 2.12. The van der Waals surface area contributed by atoms with Gasteiger partial charge in [-0.15, -0.1) is 0 Å². The number of nitrogens with zero attached hydrogens (tertiary/aromatic N) is 1. The van der Waals surface area contributed by atoms with Gasteiger partial charge in [-0.2, -0.15) is 0 Å². The number of halogens is 2. The first-order valence-electron chi connectivity index (χ1n) is 3.76. The molecule has 0 unspecified atom stereocenters. The Labute approximate surface area is 78.4 Å². The normalized spacial score (nSPS) is 14.5. The fraction of sp³-hybridized carbons (Fsp3) is 0.222. The van der Waals surface area contributed by atoms with Gasteiger partial charge in [-0.1, -0.05) is 15.9 Å². The maximum atomic E-state index is 13.2. The Kier molecular flexibility index (Phi) is 1.97. The molecule has 3 heteroatoms. The van der Waals surface area contributed by atoms with Crippen LogP contribution in [0.3, 0.4) is 0 Å². The molecule has 1 nitrogen and oxygen atoms in total. The van der Waals surface area contributed by atoms with Gasteiger partial charge in [0.2, 0.25) is 0 Å². The van der Waals surface area contributed by atoms with E-state index in [1.807, 2.05) is 0 Å². The Morgan fingerprint density at radius 2 is 2.25 bits per heavy atom. The Bertz CT molecular complexity index is 347. The molecule has 0 N–H and O–H groups in total. The van der Waals surface area contributed by atoms with E-state index in [9.17, 15) is 4.39 Å². The van der Waals surface area contributed by atoms with Crippen LogP contribution in [0.2, 0.25) is 0 Å². The van der Waals surface area contributed by atoms with Crippen LogP contribution >= 0.6 is 15.9 Å². The van der Waals surface area contributed by atoms with E-state index >= 15 is 0 Å². The van der Waals surface area contributed by atoms with Gasteiger partial charge in [0, 0.05) is 22.8 Å². The fourth-order valence-electron chi connectivity index (χ4n) is 1.34. The van der Waals surface area contributed by atoms with E-state index in [1.54, 1.807) is 12.3 Å². The minimum Gasteiger partial charge on any atom is -0.292 e. The second-order valence-electron chi connectivity index (χ2n) is 2.71. The maximum Gasteiger partial charge on any atom is 0.127 e. The lowest BCUT2D eigenvalue weighted by atomic mass is 10.0. The molecular formula is C9H7BrFN. The monoisotopic (exact) mass is 227 g/mol. The van der Waals surface area contributed by atoms with Crippen LogP contribution in [0.15, 0.2) is 21.6 Å². The summed E-state index contributed by atoms with van der Waals surface area (Å²) in [6, 6.07) is 3.20. The molecule has 0 bridgehead atoms. The quantitative estimate of drug-likeness (QED) is 0.647. The summed E-state index contributed by atoms with van der Waals surface area (Å²) in [7, 11) is 0. The molecule has 0 atom stereocenters.